The number of anilines is 4. The van der Waals surface area contributed by atoms with Crippen LogP contribution in [0.15, 0.2) is 59.5 Å². The van der Waals surface area contributed by atoms with Crippen LogP contribution in [0, 0.1) is 12.7 Å². The van der Waals surface area contributed by atoms with Gasteiger partial charge in [0.2, 0.25) is 5.95 Å². The van der Waals surface area contributed by atoms with Gasteiger partial charge < -0.3 is 10.6 Å². The van der Waals surface area contributed by atoms with Crippen LogP contribution in [0.25, 0.3) is 0 Å². The van der Waals surface area contributed by atoms with E-state index in [4.69, 9.17) is 0 Å². The Balaban J connectivity index is 1.72. The van der Waals surface area contributed by atoms with E-state index in [0.29, 0.717) is 17.3 Å². The van der Waals surface area contributed by atoms with Gasteiger partial charge in [-0.25, -0.2) is 17.8 Å². The zero-order valence-corrected chi connectivity index (χ0v) is 16.2. The zero-order chi connectivity index (χ0) is 20.1. The second kappa shape index (κ2) is 8.22. The molecule has 0 aliphatic carbocycles. The Hall–Kier alpha value is -3.20. The van der Waals surface area contributed by atoms with Gasteiger partial charge in [-0.2, -0.15) is 4.98 Å². The molecule has 146 valence electrons. The molecule has 0 aliphatic heterocycles. The molecule has 0 fully saturated rings. The van der Waals surface area contributed by atoms with E-state index in [1.165, 1.54) is 12.1 Å². The third kappa shape index (κ3) is 4.95. The summed E-state index contributed by atoms with van der Waals surface area (Å²) in [5, 5.41) is 6.23. The molecule has 7 nitrogen and oxygen atoms in total. The fourth-order valence-corrected chi connectivity index (χ4v) is 3.53. The van der Waals surface area contributed by atoms with E-state index in [-0.39, 0.29) is 4.90 Å². The van der Waals surface area contributed by atoms with Gasteiger partial charge in [-0.15, -0.1) is 0 Å². The Morgan fingerprint density at radius 2 is 1.61 bits per heavy atom. The lowest BCUT2D eigenvalue weighted by molar-refractivity contribution is 0.599. The Labute approximate surface area is 163 Å². The fourth-order valence-electron chi connectivity index (χ4n) is 2.47. The van der Waals surface area contributed by atoms with Crippen LogP contribution in [0.2, 0.25) is 0 Å². The van der Waals surface area contributed by atoms with Crippen molar-refractivity contribution >= 4 is 33.2 Å². The zero-order valence-electron chi connectivity index (χ0n) is 15.4. The van der Waals surface area contributed by atoms with E-state index >= 15 is 0 Å². The molecule has 1 aromatic heterocycles. The molecule has 0 saturated carbocycles. The van der Waals surface area contributed by atoms with Gasteiger partial charge in [-0.1, -0.05) is 0 Å². The van der Waals surface area contributed by atoms with E-state index in [0.717, 1.165) is 30.2 Å². The quantitative estimate of drug-likeness (QED) is 0.556. The molecule has 0 unspecified atom stereocenters. The molecular formula is C19H20FN5O2S. The fraction of sp³-hybridized carbons (Fsp3) is 0.158. The summed E-state index contributed by atoms with van der Waals surface area (Å²) in [6.07, 6.45) is 0. The highest BCUT2D eigenvalue weighted by Crippen LogP contribution is 2.21. The summed E-state index contributed by atoms with van der Waals surface area (Å²) in [4.78, 5) is 8.69. The molecule has 3 N–H and O–H groups in total. The molecular weight excluding hydrogens is 381 g/mol. The van der Waals surface area contributed by atoms with Crippen molar-refractivity contribution < 1.29 is 12.8 Å². The Kier molecular flexibility index (Phi) is 5.74. The van der Waals surface area contributed by atoms with E-state index < -0.39 is 15.8 Å². The highest BCUT2D eigenvalue weighted by Gasteiger charge is 2.14. The van der Waals surface area contributed by atoms with E-state index in [2.05, 4.69) is 25.3 Å². The lowest BCUT2D eigenvalue weighted by Gasteiger charge is -2.11. The SMILES string of the molecule is CCNc1cc(C)nc(Nc2ccc(NS(=O)(=O)c3ccc(F)cc3)cc2)n1. The van der Waals surface area contributed by atoms with Gasteiger partial charge >= 0.3 is 0 Å². The molecule has 0 spiro atoms. The van der Waals surface area contributed by atoms with Crippen molar-refractivity contribution in [2.45, 2.75) is 18.7 Å². The summed E-state index contributed by atoms with van der Waals surface area (Å²) in [6.45, 7) is 4.61. The largest absolute Gasteiger partial charge is 0.370 e. The highest BCUT2D eigenvalue weighted by atomic mass is 32.2. The first-order valence-corrected chi connectivity index (χ1v) is 10.1. The molecule has 2 aromatic carbocycles. The van der Waals surface area contributed by atoms with Crippen LogP contribution in [0.3, 0.4) is 0 Å². The Morgan fingerprint density at radius 3 is 2.25 bits per heavy atom. The third-order valence-corrected chi connectivity index (χ3v) is 5.13. The van der Waals surface area contributed by atoms with Gasteiger partial charge in [-0.3, -0.25) is 4.72 Å². The normalized spacial score (nSPS) is 11.1. The number of aromatic nitrogens is 2. The first-order valence-electron chi connectivity index (χ1n) is 8.61. The maximum Gasteiger partial charge on any atom is 0.261 e. The first kappa shape index (κ1) is 19.6. The Morgan fingerprint density at radius 1 is 0.964 bits per heavy atom. The van der Waals surface area contributed by atoms with Gasteiger partial charge in [0.05, 0.1) is 4.90 Å². The number of rotatable bonds is 7. The van der Waals surface area contributed by atoms with Crippen LogP contribution >= 0.6 is 0 Å². The number of nitrogens with one attached hydrogen (secondary N) is 3. The third-order valence-electron chi connectivity index (χ3n) is 3.73. The van der Waals surface area contributed by atoms with Crippen LogP contribution in [0.5, 0.6) is 0 Å². The van der Waals surface area contributed by atoms with E-state index in [9.17, 15) is 12.8 Å². The number of hydrogen-bond donors (Lipinski definition) is 3. The molecule has 0 aliphatic rings. The monoisotopic (exact) mass is 401 g/mol. The molecule has 0 atom stereocenters. The second-order valence-corrected chi connectivity index (χ2v) is 7.69. The Bertz CT molecular complexity index is 1050. The van der Waals surface area contributed by atoms with Gasteiger partial charge in [0.25, 0.3) is 10.0 Å². The number of sulfonamides is 1. The van der Waals surface area contributed by atoms with Crippen LogP contribution in [0.1, 0.15) is 12.6 Å². The maximum absolute atomic E-state index is 13.0. The van der Waals surface area contributed by atoms with Crippen molar-refractivity contribution in [3.63, 3.8) is 0 Å². The molecule has 0 radical (unpaired) electrons. The summed E-state index contributed by atoms with van der Waals surface area (Å²) >= 11 is 0. The van der Waals surface area contributed by atoms with Crippen molar-refractivity contribution in [1.82, 2.24) is 9.97 Å². The van der Waals surface area contributed by atoms with Gasteiger partial charge in [0.1, 0.15) is 11.6 Å². The van der Waals surface area contributed by atoms with E-state index in [1.54, 1.807) is 24.3 Å². The topological polar surface area (TPSA) is 96.0 Å². The molecule has 9 heteroatoms. The smallest absolute Gasteiger partial charge is 0.261 e. The van der Waals surface area contributed by atoms with Crippen LogP contribution in [-0.4, -0.2) is 24.9 Å². The van der Waals surface area contributed by atoms with Gasteiger partial charge in [-0.05, 0) is 62.4 Å². The molecule has 3 rings (SSSR count). The summed E-state index contributed by atoms with van der Waals surface area (Å²) in [5.41, 5.74) is 1.91. The second-order valence-electron chi connectivity index (χ2n) is 6.01. The predicted molar refractivity (Wildman–Crippen MR) is 108 cm³/mol. The lowest BCUT2D eigenvalue weighted by Crippen LogP contribution is -2.12. The van der Waals surface area contributed by atoms with Crippen LogP contribution < -0.4 is 15.4 Å². The maximum atomic E-state index is 13.0. The first-order chi connectivity index (χ1) is 13.4. The number of hydrogen-bond acceptors (Lipinski definition) is 6. The average molecular weight is 401 g/mol. The van der Waals surface area contributed by atoms with Crippen molar-refractivity contribution in [1.29, 1.82) is 0 Å². The van der Waals surface area contributed by atoms with Gasteiger partial charge in [0, 0.05) is 29.7 Å². The number of aryl methyl sites for hydroxylation is 1. The minimum atomic E-state index is -3.79. The summed E-state index contributed by atoms with van der Waals surface area (Å²) in [7, 11) is -3.79. The molecule has 0 bridgehead atoms. The lowest BCUT2D eigenvalue weighted by atomic mass is 10.3. The molecule has 1 heterocycles. The summed E-state index contributed by atoms with van der Waals surface area (Å²) in [6, 6.07) is 13.1. The summed E-state index contributed by atoms with van der Waals surface area (Å²) in [5.74, 6) is 0.668. The number of benzene rings is 2. The molecule has 0 amide bonds. The van der Waals surface area contributed by atoms with Crippen molar-refractivity contribution in [3.8, 4) is 0 Å². The number of nitrogens with zero attached hydrogens (tertiary/aromatic N) is 2. The number of halogens is 1. The van der Waals surface area contributed by atoms with Crippen LogP contribution in [-0.2, 0) is 10.0 Å². The standard InChI is InChI=1S/C19H20FN5O2S/c1-3-21-18-12-13(2)22-19(24-18)23-15-6-8-16(9-7-15)25-28(26,27)17-10-4-14(20)5-11-17/h4-12,25H,3H2,1-2H3,(H2,21,22,23,24). The molecule has 3 aromatic rings. The van der Waals surface area contributed by atoms with Crippen LogP contribution in [0.4, 0.5) is 27.5 Å². The minimum absolute atomic E-state index is 0.0137. The molecule has 0 saturated heterocycles. The highest BCUT2D eigenvalue weighted by molar-refractivity contribution is 7.92. The van der Waals surface area contributed by atoms with E-state index in [1.807, 2.05) is 19.9 Å². The van der Waals surface area contributed by atoms with Crippen molar-refractivity contribution in [2.24, 2.45) is 0 Å². The van der Waals surface area contributed by atoms with Crippen molar-refractivity contribution in [2.75, 3.05) is 21.9 Å². The average Bonchev–Trinajstić information content (AvgIpc) is 2.63. The predicted octanol–water partition coefficient (Wildman–Crippen LogP) is 3.90. The van der Waals surface area contributed by atoms with Crippen molar-refractivity contribution in [3.05, 3.63) is 66.1 Å². The summed E-state index contributed by atoms with van der Waals surface area (Å²) < 4.78 is 40.1. The molecule has 28 heavy (non-hydrogen) atoms. The minimum Gasteiger partial charge on any atom is -0.370 e. The van der Waals surface area contributed by atoms with Gasteiger partial charge in [0.15, 0.2) is 0 Å².